The summed E-state index contributed by atoms with van der Waals surface area (Å²) in [6, 6.07) is 11.2. The Morgan fingerprint density at radius 1 is 1.10 bits per heavy atom. The standard InChI is InChI=1S/C13H12Cl2N2O2S/c14-10-5-6-11(15)13(7-10)20(18,19)17-12-4-2-1-3-9(12)8-16/h1-7,17H,8,16H2. The summed E-state index contributed by atoms with van der Waals surface area (Å²) >= 11 is 11.7. The van der Waals surface area contributed by atoms with Crippen LogP contribution in [-0.2, 0) is 16.6 Å². The summed E-state index contributed by atoms with van der Waals surface area (Å²) in [5.74, 6) is 0. The van der Waals surface area contributed by atoms with E-state index in [0.717, 1.165) is 0 Å². The second kappa shape index (κ2) is 6.01. The molecule has 20 heavy (non-hydrogen) atoms. The third-order valence-corrected chi connectivity index (χ3v) is 4.75. The van der Waals surface area contributed by atoms with Gasteiger partial charge in [-0.2, -0.15) is 0 Å². The summed E-state index contributed by atoms with van der Waals surface area (Å²) in [6.07, 6.45) is 0. The molecule has 106 valence electrons. The quantitative estimate of drug-likeness (QED) is 0.903. The molecule has 0 amide bonds. The zero-order valence-electron chi connectivity index (χ0n) is 10.3. The van der Waals surface area contributed by atoms with Crippen LogP contribution in [0.2, 0.25) is 10.0 Å². The molecule has 0 fully saturated rings. The van der Waals surface area contributed by atoms with Gasteiger partial charge in [-0.3, -0.25) is 4.72 Å². The van der Waals surface area contributed by atoms with Crippen molar-refractivity contribution in [2.45, 2.75) is 11.4 Å². The predicted octanol–water partition coefficient (Wildman–Crippen LogP) is 3.25. The van der Waals surface area contributed by atoms with Gasteiger partial charge in [-0.05, 0) is 29.8 Å². The fourth-order valence-electron chi connectivity index (χ4n) is 1.68. The first kappa shape index (κ1) is 15.1. The Morgan fingerprint density at radius 3 is 2.50 bits per heavy atom. The van der Waals surface area contributed by atoms with Crippen molar-refractivity contribution in [3.05, 3.63) is 58.1 Å². The van der Waals surface area contributed by atoms with Crippen LogP contribution in [-0.4, -0.2) is 8.42 Å². The number of anilines is 1. The predicted molar refractivity (Wildman–Crippen MR) is 81.6 cm³/mol. The van der Waals surface area contributed by atoms with Crippen LogP contribution in [0, 0.1) is 0 Å². The van der Waals surface area contributed by atoms with Crippen LogP contribution in [0.15, 0.2) is 47.4 Å². The monoisotopic (exact) mass is 330 g/mol. The minimum Gasteiger partial charge on any atom is -0.326 e. The summed E-state index contributed by atoms with van der Waals surface area (Å²) < 4.78 is 27.2. The topological polar surface area (TPSA) is 72.2 Å². The van der Waals surface area contributed by atoms with Crippen molar-refractivity contribution in [1.29, 1.82) is 0 Å². The Bertz CT molecular complexity index is 733. The molecule has 4 nitrogen and oxygen atoms in total. The molecule has 0 saturated carbocycles. The maximum absolute atomic E-state index is 12.3. The van der Waals surface area contributed by atoms with Crippen LogP contribution in [0.1, 0.15) is 5.56 Å². The van der Waals surface area contributed by atoms with Crippen LogP contribution in [0.5, 0.6) is 0 Å². The number of hydrogen-bond acceptors (Lipinski definition) is 3. The molecular weight excluding hydrogens is 319 g/mol. The van der Waals surface area contributed by atoms with Crippen molar-refractivity contribution in [3.8, 4) is 0 Å². The highest BCUT2D eigenvalue weighted by atomic mass is 35.5. The molecular formula is C13H12Cl2N2O2S. The van der Waals surface area contributed by atoms with E-state index in [-0.39, 0.29) is 16.5 Å². The number of sulfonamides is 1. The minimum atomic E-state index is -3.82. The van der Waals surface area contributed by atoms with Gasteiger partial charge in [0.2, 0.25) is 0 Å². The Hall–Kier alpha value is -1.27. The largest absolute Gasteiger partial charge is 0.326 e. The van der Waals surface area contributed by atoms with E-state index in [1.165, 1.54) is 18.2 Å². The highest BCUT2D eigenvalue weighted by Gasteiger charge is 2.19. The smallest absolute Gasteiger partial charge is 0.263 e. The van der Waals surface area contributed by atoms with Crippen molar-refractivity contribution < 1.29 is 8.42 Å². The number of hydrogen-bond donors (Lipinski definition) is 2. The van der Waals surface area contributed by atoms with E-state index in [1.54, 1.807) is 24.3 Å². The Kier molecular flexibility index (Phi) is 4.55. The maximum atomic E-state index is 12.3. The zero-order valence-corrected chi connectivity index (χ0v) is 12.6. The average molecular weight is 331 g/mol. The van der Waals surface area contributed by atoms with Crippen molar-refractivity contribution in [1.82, 2.24) is 0 Å². The van der Waals surface area contributed by atoms with Crippen molar-refractivity contribution in [2.24, 2.45) is 5.73 Å². The highest BCUT2D eigenvalue weighted by molar-refractivity contribution is 7.92. The SMILES string of the molecule is NCc1ccccc1NS(=O)(=O)c1cc(Cl)ccc1Cl. The molecule has 3 N–H and O–H groups in total. The number of halogens is 2. The lowest BCUT2D eigenvalue weighted by atomic mass is 10.2. The number of para-hydroxylation sites is 1. The molecule has 2 aromatic carbocycles. The second-order valence-electron chi connectivity index (χ2n) is 4.04. The van der Waals surface area contributed by atoms with Crippen LogP contribution >= 0.6 is 23.2 Å². The van der Waals surface area contributed by atoms with E-state index in [0.29, 0.717) is 16.3 Å². The second-order valence-corrected chi connectivity index (χ2v) is 6.54. The molecule has 0 aromatic heterocycles. The van der Waals surface area contributed by atoms with E-state index in [9.17, 15) is 8.42 Å². The minimum absolute atomic E-state index is 0.0708. The van der Waals surface area contributed by atoms with Gasteiger partial charge in [0.25, 0.3) is 10.0 Å². The van der Waals surface area contributed by atoms with Gasteiger partial charge < -0.3 is 5.73 Å². The van der Waals surface area contributed by atoms with Gasteiger partial charge >= 0.3 is 0 Å². The summed E-state index contributed by atoms with van der Waals surface area (Å²) in [5, 5.41) is 0.397. The first-order valence-electron chi connectivity index (χ1n) is 5.70. The Morgan fingerprint density at radius 2 is 1.80 bits per heavy atom. The lowest BCUT2D eigenvalue weighted by Crippen LogP contribution is -2.15. The first-order chi connectivity index (χ1) is 9.44. The van der Waals surface area contributed by atoms with Gasteiger partial charge in [0.1, 0.15) is 4.90 Å². The van der Waals surface area contributed by atoms with Crippen LogP contribution in [0.3, 0.4) is 0 Å². The zero-order chi connectivity index (χ0) is 14.8. The normalized spacial score (nSPS) is 11.3. The number of nitrogens with two attached hydrogens (primary N) is 1. The molecule has 2 aromatic rings. The van der Waals surface area contributed by atoms with E-state index < -0.39 is 10.0 Å². The molecule has 0 aliphatic heterocycles. The Labute approximate surface area is 127 Å². The molecule has 0 radical (unpaired) electrons. The summed E-state index contributed by atoms with van der Waals surface area (Å²) in [5.41, 5.74) is 6.69. The van der Waals surface area contributed by atoms with Gasteiger partial charge in [0.05, 0.1) is 10.7 Å². The van der Waals surface area contributed by atoms with Gasteiger partial charge in [-0.15, -0.1) is 0 Å². The summed E-state index contributed by atoms with van der Waals surface area (Å²) in [6.45, 7) is 0.224. The molecule has 0 heterocycles. The molecule has 2 rings (SSSR count). The Balaban J connectivity index is 2.43. The van der Waals surface area contributed by atoms with Gasteiger partial charge in [-0.1, -0.05) is 41.4 Å². The number of benzene rings is 2. The fraction of sp³-hybridized carbons (Fsp3) is 0.0769. The lowest BCUT2D eigenvalue weighted by Gasteiger charge is -2.12. The molecule has 0 spiro atoms. The molecule has 0 aliphatic carbocycles. The van der Waals surface area contributed by atoms with Crippen LogP contribution in [0.4, 0.5) is 5.69 Å². The molecule has 0 atom stereocenters. The van der Waals surface area contributed by atoms with Gasteiger partial charge in [0, 0.05) is 11.6 Å². The van der Waals surface area contributed by atoms with Gasteiger partial charge in [-0.25, -0.2) is 8.42 Å². The fourth-order valence-corrected chi connectivity index (χ4v) is 3.55. The maximum Gasteiger partial charge on any atom is 0.263 e. The molecule has 0 unspecified atom stereocenters. The number of rotatable bonds is 4. The van der Waals surface area contributed by atoms with Crippen LogP contribution in [0.25, 0.3) is 0 Å². The lowest BCUT2D eigenvalue weighted by molar-refractivity contribution is 0.601. The average Bonchev–Trinajstić information content (AvgIpc) is 2.41. The summed E-state index contributed by atoms with van der Waals surface area (Å²) in [4.78, 5) is -0.0708. The van der Waals surface area contributed by atoms with Crippen LogP contribution < -0.4 is 10.5 Å². The van der Waals surface area contributed by atoms with Crippen molar-refractivity contribution in [2.75, 3.05) is 4.72 Å². The summed E-state index contributed by atoms with van der Waals surface area (Å²) in [7, 11) is -3.82. The molecule has 0 saturated heterocycles. The number of nitrogens with one attached hydrogen (secondary N) is 1. The third kappa shape index (κ3) is 3.24. The molecule has 7 heteroatoms. The van der Waals surface area contributed by atoms with E-state index in [1.807, 2.05) is 0 Å². The van der Waals surface area contributed by atoms with Crippen molar-refractivity contribution >= 4 is 38.9 Å². The first-order valence-corrected chi connectivity index (χ1v) is 7.94. The van der Waals surface area contributed by atoms with E-state index in [2.05, 4.69) is 4.72 Å². The van der Waals surface area contributed by atoms with Crippen molar-refractivity contribution in [3.63, 3.8) is 0 Å². The van der Waals surface area contributed by atoms with E-state index in [4.69, 9.17) is 28.9 Å². The highest BCUT2D eigenvalue weighted by Crippen LogP contribution is 2.27. The molecule has 0 aliphatic rings. The molecule has 0 bridgehead atoms. The van der Waals surface area contributed by atoms with Gasteiger partial charge in [0.15, 0.2) is 0 Å². The van der Waals surface area contributed by atoms with E-state index >= 15 is 0 Å². The third-order valence-electron chi connectivity index (χ3n) is 2.66.